The first-order chi connectivity index (χ1) is 18.2. The molecule has 1 amide bonds. The molecule has 4 N–H and O–H groups in total. The van der Waals surface area contributed by atoms with Crippen LogP contribution < -0.4 is 10.0 Å². The van der Waals surface area contributed by atoms with Gasteiger partial charge in [-0.2, -0.15) is 0 Å². The molecular formula is C27H22ClFN4O4S. The number of pyridine rings is 1. The van der Waals surface area contributed by atoms with Crippen molar-refractivity contribution < 1.29 is 22.7 Å². The van der Waals surface area contributed by atoms with Crippen LogP contribution >= 0.6 is 11.6 Å². The monoisotopic (exact) mass is 552 g/mol. The first kappa shape index (κ1) is 25.7. The van der Waals surface area contributed by atoms with E-state index in [4.69, 9.17) is 11.6 Å². The first-order valence-corrected chi connectivity index (χ1v) is 13.5. The zero-order valence-electron chi connectivity index (χ0n) is 19.8. The number of benzene rings is 3. The van der Waals surface area contributed by atoms with Gasteiger partial charge in [0.25, 0.3) is 5.91 Å². The van der Waals surface area contributed by atoms with Crippen molar-refractivity contribution in [3.63, 3.8) is 0 Å². The maximum atomic E-state index is 14.5. The summed E-state index contributed by atoms with van der Waals surface area (Å²) in [7, 11) is -4.20. The fraction of sp³-hybridized carbons (Fsp3) is 0.111. The molecule has 0 spiro atoms. The van der Waals surface area contributed by atoms with E-state index in [0.29, 0.717) is 11.4 Å². The van der Waals surface area contributed by atoms with E-state index in [2.05, 4.69) is 20.0 Å². The molecule has 0 saturated heterocycles. The molecule has 2 aromatic heterocycles. The van der Waals surface area contributed by atoms with E-state index >= 15 is 0 Å². The molecule has 3 aromatic carbocycles. The number of sulfonamides is 1. The Balaban J connectivity index is 1.37. The van der Waals surface area contributed by atoms with Crippen molar-refractivity contribution in [2.75, 3.05) is 6.54 Å². The van der Waals surface area contributed by atoms with Crippen LogP contribution in [-0.2, 0) is 23.0 Å². The summed E-state index contributed by atoms with van der Waals surface area (Å²) in [5, 5.41) is 14.8. The summed E-state index contributed by atoms with van der Waals surface area (Å²) in [5.74, 6) is -2.12. The maximum Gasteiger partial charge on any atom is 0.256 e. The molecule has 0 fully saturated rings. The number of aromatic nitrogens is 2. The minimum absolute atomic E-state index is 0.0549. The molecule has 11 heteroatoms. The number of nitrogens with one attached hydrogen (secondary N) is 3. The quantitative estimate of drug-likeness (QED) is 0.223. The number of hydrogen-bond acceptors (Lipinski definition) is 5. The molecular weight excluding hydrogens is 531 g/mol. The Hall–Kier alpha value is -3.99. The average molecular weight is 553 g/mol. The lowest BCUT2D eigenvalue weighted by molar-refractivity contribution is 0.0948. The van der Waals surface area contributed by atoms with Crippen LogP contribution in [0.1, 0.15) is 21.5 Å². The van der Waals surface area contributed by atoms with Crippen LogP contribution in [0.5, 0.6) is 5.75 Å². The van der Waals surface area contributed by atoms with E-state index in [9.17, 15) is 22.7 Å². The van der Waals surface area contributed by atoms with Gasteiger partial charge in [-0.15, -0.1) is 0 Å². The van der Waals surface area contributed by atoms with E-state index < -0.39 is 32.4 Å². The fourth-order valence-corrected chi connectivity index (χ4v) is 5.55. The van der Waals surface area contributed by atoms with Gasteiger partial charge in [0.15, 0.2) is 0 Å². The van der Waals surface area contributed by atoms with Crippen molar-refractivity contribution in [1.29, 1.82) is 0 Å². The van der Waals surface area contributed by atoms with Crippen LogP contribution in [0.4, 0.5) is 4.39 Å². The molecule has 2 heterocycles. The molecule has 0 bridgehead atoms. The number of amides is 1. The number of aromatic amines is 1. The van der Waals surface area contributed by atoms with Gasteiger partial charge in [-0.05, 0) is 47.9 Å². The zero-order chi connectivity index (χ0) is 26.9. The Morgan fingerprint density at radius 2 is 1.84 bits per heavy atom. The number of aromatic hydroxyl groups is 1. The van der Waals surface area contributed by atoms with Crippen molar-refractivity contribution in [3.8, 4) is 5.75 Å². The summed E-state index contributed by atoms with van der Waals surface area (Å²) in [4.78, 5) is 19.5. The second-order valence-corrected chi connectivity index (χ2v) is 10.8. The second-order valence-electron chi connectivity index (χ2n) is 8.64. The Morgan fingerprint density at radius 3 is 2.63 bits per heavy atom. The van der Waals surface area contributed by atoms with Crippen molar-refractivity contribution in [1.82, 2.24) is 20.0 Å². The van der Waals surface area contributed by atoms with Crippen LogP contribution in [0.15, 0.2) is 78.0 Å². The lowest BCUT2D eigenvalue weighted by Crippen LogP contribution is -2.26. The van der Waals surface area contributed by atoms with Gasteiger partial charge >= 0.3 is 0 Å². The van der Waals surface area contributed by atoms with Gasteiger partial charge in [0.2, 0.25) is 10.0 Å². The van der Waals surface area contributed by atoms with E-state index in [-0.39, 0.29) is 29.6 Å². The Kier molecular flexibility index (Phi) is 7.02. The number of rotatable bonds is 8. The van der Waals surface area contributed by atoms with E-state index in [1.807, 2.05) is 30.5 Å². The minimum Gasteiger partial charge on any atom is -0.506 e. The summed E-state index contributed by atoms with van der Waals surface area (Å²) >= 11 is 5.87. The molecule has 0 aliphatic rings. The van der Waals surface area contributed by atoms with Gasteiger partial charge in [0.05, 0.1) is 5.52 Å². The standard InChI is InChI=1S/C27H22ClFN4O4S/c28-18-7-5-16(6-8-18)13-32-27(35)22-15-31-25-21(26(22)34)11-19(29)12-24(25)38(36,37)33-10-9-17-14-30-23-4-2-1-3-20(17)23/h1-8,11-12,14-15,30,33H,9-10,13H2,(H,31,34)(H,32,35). The van der Waals surface area contributed by atoms with Crippen LogP contribution in [0.25, 0.3) is 21.8 Å². The highest BCUT2D eigenvalue weighted by Crippen LogP contribution is 2.32. The van der Waals surface area contributed by atoms with Gasteiger partial charge in [-0.25, -0.2) is 17.5 Å². The Bertz CT molecular complexity index is 1770. The van der Waals surface area contributed by atoms with Gasteiger partial charge in [-0.1, -0.05) is 41.9 Å². The summed E-state index contributed by atoms with van der Waals surface area (Å²) in [5.41, 5.74) is 2.27. The number of hydrogen-bond donors (Lipinski definition) is 4. The summed E-state index contributed by atoms with van der Waals surface area (Å²) in [6.07, 6.45) is 3.28. The van der Waals surface area contributed by atoms with E-state index in [1.165, 1.54) is 0 Å². The average Bonchev–Trinajstić information content (AvgIpc) is 3.31. The number of carbonyl (C=O) groups excluding carboxylic acids is 1. The number of nitrogens with zero attached hydrogens (tertiary/aromatic N) is 1. The van der Waals surface area contributed by atoms with Gasteiger partial charge in [0, 0.05) is 46.8 Å². The maximum absolute atomic E-state index is 14.5. The normalized spacial score (nSPS) is 11.7. The first-order valence-electron chi connectivity index (χ1n) is 11.6. The number of fused-ring (bicyclic) bond motifs is 2. The highest BCUT2D eigenvalue weighted by atomic mass is 35.5. The third-order valence-corrected chi connectivity index (χ3v) is 7.86. The van der Waals surface area contributed by atoms with Gasteiger partial charge in [-0.3, -0.25) is 9.78 Å². The third-order valence-electron chi connectivity index (χ3n) is 6.13. The lowest BCUT2D eigenvalue weighted by atomic mass is 10.1. The number of H-pyrrole nitrogens is 1. The van der Waals surface area contributed by atoms with Gasteiger partial charge in [0.1, 0.15) is 22.0 Å². The molecule has 194 valence electrons. The van der Waals surface area contributed by atoms with E-state index in [0.717, 1.165) is 40.4 Å². The predicted molar refractivity (Wildman–Crippen MR) is 143 cm³/mol. The summed E-state index contributed by atoms with van der Waals surface area (Å²) in [6.45, 7) is 0.204. The molecule has 8 nitrogen and oxygen atoms in total. The number of halogens is 2. The van der Waals surface area contributed by atoms with Crippen molar-refractivity contribution in [3.05, 3.63) is 101 Å². The molecule has 0 aliphatic heterocycles. The summed E-state index contributed by atoms with van der Waals surface area (Å²) < 4.78 is 43.2. The van der Waals surface area contributed by atoms with Gasteiger partial charge < -0.3 is 15.4 Å². The second kappa shape index (κ2) is 10.4. The van der Waals surface area contributed by atoms with Crippen LogP contribution in [0, 0.1) is 5.82 Å². The Morgan fingerprint density at radius 1 is 1.08 bits per heavy atom. The van der Waals surface area contributed by atoms with Crippen molar-refractivity contribution in [2.24, 2.45) is 0 Å². The number of carbonyl (C=O) groups is 1. The third kappa shape index (κ3) is 5.19. The number of para-hydroxylation sites is 1. The molecule has 0 radical (unpaired) electrons. The zero-order valence-corrected chi connectivity index (χ0v) is 21.4. The highest BCUT2D eigenvalue weighted by molar-refractivity contribution is 7.89. The molecule has 0 saturated carbocycles. The predicted octanol–water partition coefficient (Wildman–Crippen LogP) is 4.67. The SMILES string of the molecule is O=C(NCc1ccc(Cl)cc1)c1cnc2c(S(=O)(=O)NCCc3c[nH]c4ccccc34)cc(F)cc2c1O. The molecule has 5 rings (SSSR count). The van der Waals surface area contributed by atoms with E-state index in [1.54, 1.807) is 24.3 Å². The molecule has 38 heavy (non-hydrogen) atoms. The van der Waals surface area contributed by atoms with Crippen LogP contribution in [0.2, 0.25) is 5.02 Å². The summed E-state index contributed by atoms with van der Waals surface area (Å²) in [6, 6.07) is 16.3. The smallest absolute Gasteiger partial charge is 0.256 e. The van der Waals surface area contributed by atoms with Crippen LogP contribution in [-0.4, -0.2) is 35.9 Å². The molecule has 0 unspecified atom stereocenters. The minimum atomic E-state index is -4.20. The lowest BCUT2D eigenvalue weighted by Gasteiger charge is -2.12. The van der Waals surface area contributed by atoms with Crippen molar-refractivity contribution in [2.45, 2.75) is 17.9 Å². The van der Waals surface area contributed by atoms with Crippen molar-refractivity contribution >= 4 is 49.3 Å². The molecule has 0 aliphatic carbocycles. The molecule has 5 aromatic rings. The molecule has 0 atom stereocenters. The fourth-order valence-electron chi connectivity index (χ4n) is 4.21. The topological polar surface area (TPSA) is 124 Å². The Labute approximate surface area is 222 Å². The highest BCUT2D eigenvalue weighted by Gasteiger charge is 2.24. The van der Waals surface area contributed by atoms with Crippen LogP contribution in [0.3, 0.4) is 0 Å². The largest absolute Gasteiger partial charge is 0.506 e.